The molecule has 1 N–H and O–H groups in total. The van der Waals surface area contributed by atoms with Gasteiger partial charge in [0.1, 0.15) is 11.9 Å². The van der Waals surface area contributed by atoms with Crippen molar-refractivity contribution in [3.05, 3.63) is 41.5 Å². The highest BCUT2D eigenvalue weighted by Gasteiger charge is 2.54. The van der Waals surface area contributed by atoms with Crippen molar-refractivity contribution in [1.82, 2.24) is 0 Å². The second-order valence-corrected chi connectivity index (χ2v) is 14.4. The zero-order valence-electron chi connectivity index (χ0n) is 20.1. The SMILES string of the molecule is C=C1CC[C@H](Br)[C@@]2(C)CC[C@@H]3O[C@@]3(C)CC[C@H](C(C)(C)Br)OC(=O)c3ccc(O)c(c3)C[C@H]12. The van der Waals surface area contributed by atoms with E-state index >= 15 is 0 Å². The number of cyclic esters (lactones) is 1. The molecular formula is C27H36Br2O4. The van der Waals surface area contributed by atoms with Gasteiger partial charge in [-0.3, -0.25) is 0 Å². The number of alkyl halides is 2. The Morgan fingerprint density at radius 3 is 2.61 bits per heavy atom. The van der Waals surface area contributed by atoms with Crippen LogP contribution in [0, 0.1) is 11.3 Å². The monoisotopic (exact) mass is 582 g/mol. The molecule has 0 radical (unpaired) electrons. The Balaban J connectivity index is 1.72. The Labute approximate surface area is 214 Å². The lowest BCUT2D eigenvalue weighted by Gasteiger charge is -2.47. The van der Waals surface area contributed by atoms with Crippen LogP contribution in [-0.2, 0) is 15.9 Å². The minimum atomic E-state index is -0.361. The number of aromatic hydroxyl groups is 1. The van der Waals surface area contributed by atoms with E-state index in [4.69, 9.17) is 9.47 Å². The highest BCUT2D eigenvalue weighted by atomic mass is 79.9. The largest absolute Gasteiger partial charge is 0.508 e. The highest BCUT2D eigenvalue weighted by molar-refractivity contribution is 9.10. The molecule has 4 rings (SSSR count). The number of allylic oxidation sites excluding steroid dienone is 1. The third kappa shape index (κ3) is 5.08. The van der Waals surface area contributed by atoms with Gasteiger partial charge in [-0.15, -0.1) is 0 Å². The van der Waals surface area contributed by atoms with Gasteiger partial charge in [0.25, 0.3) is 0 Å². The van der Waals surface area contributed by atoms with E-state index < -0.39 is 0 Å². The number of esters is 1. The fourth-order valence-corrected chi connectivity index (χ4v) is 6.88. The van der Waals surface area contributed by atoms with Gasteiger partial charge in [-0.2, -0.15) is 0 Å². The fourth-order valence-electron chi connectivity index (χ4n) is 5.78. The first-order valence-corrected chi connectivity index (χ1v) is 13.8. The predicted molar refractivity (Wildman–Crippen MR) is 138 cm³/mol. The smallest absolute Gasteiger partial charge is 0.338 e. The quantitative estimate of drug-likeness (QED) is 0.166. The van der Waals surface area contributed by atoms with Crippen molar-refractivity contribution in [1.29, 1.82) is 0 Å². The number of epoxide rings is 1. The summed E-state index contributed by atoms with van der Waals surface area (Å²) >= 11 is 7.71. The molecule has 6 heteroatoms. The summed E-state index contributed by atoms with van der Waals surface area (Å²) in [6.07, 6.45) is 6.20. The summed E-state index contributed by atoms with van der Waals surface area (Å²) < 4.78 is 11.8. The number of hydrogen-bond acceptors (Lipinski definition) is 4. The van der Waals surface area contributed by atoms with Gasteiger partial charge in [0.2, 0.25) is 0 Å². The van der Waals surface area contributed by atoms with Crippen molar-refractivity contribution in [3.63, 3.8) is 0 Å². The Morgan fingerprint density at radius 1 is 1.18 bits per heavy atom. The Morgan fingerprint density at radius 2 is 1.91 bits per heavy atom. The Bertz CT molecular complexity index is 939. The molecular weight excluding hydrogens is 548 g/mol. The van der Waals surface area contributed by atoms with Gasteiger partial charge in [0, 0.05) is 4.83 Å². The summed E-state index contributed by atoms with van der Waals surface area (Å²) in [5.41, 5.74) is 2.31. The molecule has 3 aliphatic rings. The van der Waals surface area contributed by atoms with Crippen LogP contribution in [0.25, 0.3) is 0 Å². The topological polar surface area (TPSA) is 59.1 Å². The maximum atomic E-state index is 13.1. The van der Waals surface area contributed by atoms with Crippen LogP contribution in [0.15, 0.2) is 30.4 Å². The van der Waals surface area contributed by atoms with Gasteiger partial charge in [0.05, 0.1) is 21.6 Å². The molecule has 0 spiro atoms. The number of ether oxygens (including phenoxy) is 2. The average Bonchev–Trinajstić information content (AvgIpc) is 3.39. The molecule has 2 aliphatic heterocycles. The van der Waals surface area contributed by atoms with Gasteiger partial charge in [0.15, 0.2) is 0 Å². The average molecular weight is 584 g/mol. The fraction of sp³-hybridized carbons (Fsp3) is 0.667. The van der Waals surface area contributed by atoms with Crippen molar-refractivity contribution < 1.29 is 19.4 Å². The highest BCUT2D eigenvalue weighted by Crippen LogP contribution is 2.54. The Kier molecular flexibility index (Phi) is 6.87. The molecule has 182 valence electrons. The number of halogens is 2. The summed E-state index contributed by atoms with van der Waals surface area (Å²) in [5.74, 6) is 0.0704. The summed E-state index contributed by atoms with van der Waals surface area (Å²) in [7, 11) is 0. The molecule has 1 saturated heterocycles. The van der Waals surface area contributed by atoms with Crippen molar-refractivity contribution in [2.45, 2.75) is 99.6 Å². The number of carbonyl (C=O) groups excluding carboxylic acids is 1. The number of phenols is 1. The lowest BCUT2D eigenvalue weighted by Crippen LogP contribution is -2.42. The summed E-state index contributed by atoms with van der Waals surface area (Å²) in [5, 5.41) is 10.7. The van der Waals surface area contributed by atoms with Gasteiger partial charge >= 0.3 is 5.97 Å². The van der Waals surface area contributed by atoms with Crippen LogP contribution in [0.2, 0.25) is 0 Å². The molecule has 0 aromatic heterocycles. The Hall–Kier alpha value is -0.850. The second kappa shape index (κ2) is 8.98. The first-order valence-electron chi connectivity index (χ1n) is 12.0. The minimum absolute atomic E-state index is 0.00822. The van der Waals surface area contributed by atoms with Crippen LogP contribution in [-0.4, -0.2) is 38.0 Å². The predicted octanol–water partition coefficient (Wildman–Crippen LogP) is 7.10. The molecule has 0 amide bonds. The minimum Gasteiger partial charge on any atom is -0.508 e. The molecule has 0 unspecified atom stereocenters. The zero-order chi connectivity index (χ0) is 24.2. The first kappa shape index (κ1) is 25.2. The molecule has 4 nitrogen and oxygen atoms in total. The molecule has 2 bridgehead atoms. The standard InChI is InChI=1S/C27H36Br2O4/c1-16-6-9-21(28)26(4)12-10-23-27(5,33-23)13-11-22(25(2,3)29)32-24(31)17-7-8-20(30)18(14-17)15-19(16)26/h7-8,14,19,21-23,30H,1,6,9-13,15H2,2-5H3/t19-,21+,22-,23+,26+,27+/m1/s1. The van der Waals surface area contributed by atoms with E-state index in [1.165, 1.54) is 5.57 Å². The molecule has 1 aromatic carbocycles. The lowest BCUT2D eigenvalue weighted by atomic mass is 9.61. The number of benzene rings is 1. The van der Waals surface area contributed by atoms with Crippen molar-refractivity contribution in [3.8, 4) is 5.75 Å². The number of hydrogen-bond donors (Lipinski definition) is 1. The summed E-state index contributed by atoms with van der Waals surface area (Å²) in [4.78, 5) is 13.5. The maximum absolute atomic E-state index is 13.1. The van der Waals surface area contributed by atoms with E-state index in [9.17, 15) is 9.90 Å². The van der Waals surface area contributed by atoms with Crippen LogP contribution < -0.4 is 0 Å². The van der Waals surface area contributed by atoms with Crippen LogP contribution in [0.5, 0.6) is 5.75 Å². The van der Waals surface area contributed by atoms with E-state index in [2.05, 4.69) is 52.3 Å². The second-order valence-electron chi connectivity index (χ2n) is 11.2. The molecule has 1 saturated carbocycles. The van der Waals surface area contributed by atoms with E-state index in [1.807, 2.05) is 19.9 Å². The zero-order valence-corrected chi connectivity index (χ0v) is 23.3. The number of fused-ring (bicyclic) bond motifs is 4. The number of carbonyl (C=O) groups is 1. The van der Waals surface area contributed by atoms with Gasteiger partial charge < -0.3 is 14.6 Å². The van der Waals surface area contributed by atoms with Crippen LogP contribution in [0.3, 0.4) is 0 Å². The first-order chi connectivity index (χ1) is 15.3. The van der Waals surface area contributed by atoms with Crippen molar-refractivity contribution >= 4 is 37.8 Å². The maximum Gasteiger partial charge on any atom is 0.338 e. The third-order valence-electron chi connectivity index (χ3n) is 8.36. The summed E-state index contributed by atoms with van der Waals surface area (Å²) in [6.45, 7) is 13.0. The van der Waals surface area contributed by atoms with Crippen LogP contribution >= 0.6 is 31.9 Å². The normalized spacial score (nSPS) is 37.8. The van der Waals surface area contributed by atoms with E-state index in [0.717, 1.165) is 44.1 Å². The van der Waals surface area contributed by atoms with E-state index in [0.29, 0.717) is 16.8 Å². The molecule has 2 fully saturated rings. The lowest BCUT2D eigenvalue weighted by molar-refractivity contribution is 0.0191. The number of phenolic OH excluding ortho intramolecular Hbond substituents is 1. The molecule has 33 heavy (non-hydrogen) atoms. The van der Waals surface area contributed by atoms with E-state index in [1.54, 1.807) is 12.1 Å². The van der Waals surface area contributed by atoms with Crippen LogP contribution in [0.4, 0.5) is 0 Å². The van der Waals surface area contributed by atoms with Gasteiger partial charge in [-0.1, -0.05) is 50.9 Å². The molecule has 6 atom stereocenters. The van der Waals surface area contributed by atoms with Gasteiger partial charge in [-0.05, 0) is 101 Å². The third-order valence-corrected chi connectivity index (χ3v) is 10.4. The van der Waals surface area contributed by atoms with Gasteiger partial charge in [-0.25, -0.2) is 4.79 Å². The number of rotatable bonds is 1. The van der Waals surface area contributed by atoms with Crippen molar-refractivity contribution in [2.75, 3.05) is 0 Å². The van der Waals surface area contributed by atoms with Crippen molar-refractivity contribution in [2.24, 2.45) is 11.3 Å². The van der Waals surface area contributed by atoms with E-state index in [-0.39, 0.29) is 45.2 Å². The molecule has 1 aliphatic carbocycles. The van der Waals surface area contributed by atoms with Crippen LogP contribution in [0.1, 0.15) is 82.1 Å². The molecule has 2 heterocycles. The summed E-state index contributed by atoms with van der Waals surface area (Å²) in [6, 6.07) is 5.08. The molecule has 1 aromatic rings.